The second kappa shape index (κ2) is 1.29. The summed E-state index contributed by atoms with van der Waals surface area (Å²) in [4.78, 5) is 0. The Hall–Kier alpha value is 0.0649. The van der Waals surface area contributed by atoms with Gasteiger partial charge in [0.2, 0.25) is 0 Å². The van der Waals surface area contributed by atoms with E-state index in [1.165, 1.54) is 12.8 Å². The molecule has 6 heavy (non-hydrogen) atoms. The maximum absolute atomic E-state index is 5.50. The van der Waals surface area contributed by atoms with Crippen molar-refractivity contribution in [1.29, 1.82) is 0 Å². The Balaban J connectivity index is 2.13. The molecule has 1 rings (SSSR count). The molecule has 0 aromatic heterocycles. The SMILES string of the molecule is [B]C(C)C1CC1. The molecular formula is C5H9B. The molecule has 0 nitrogen and oxygen atoms in total. The third-order valence-corrected chi connectivity index (χ3v) is 1.37. The molecule has 1 saturated carbocycles. The van der Waals surface area contributed by atoms with Gasteiger partial charge in [-0.15, -0.1) is 0 Å². The third kappa shape index (κ3) is 0.765. The summed E-state index contributed by atoms with van der Waals surface area (Å²) in [7, 11) is 5.50. The molecule has 1 heteroatoms. The lowest BCUT2D eigenvalue weighted by atomic mass is 9.85. The fraction of sp³-hybridized carbons (Fsp3) is 1.00. The summed E-state index contributed by atoms with van der Waals surface area (Å²) in [5.41, 5.74) is 0. The van der Waals surface area contributed by atoms with Gasteiger partial charge in [0.1, 0.15) is 0 Å². The topological polar surface area (TPSA) is 0 Å². The van der Waals surface area contributed by atoms with Crippen LogP contribution in [-0.4, -0.2) is 7.85 Å². The highest BCUT2D eigenvalue weighted by Gasteiger charge is 2.23. The molecule has 1 aliphatic carbocycles. The lowest BCUT2D eigenvalue weighted by Crippen LogP contribution is -1.83. The van der Waals surface area contributed by atoms with Gasteiger partial charge < -0.3 is 0 Å². The summed E-state index contributed by atoms with van der Waals surface area (Å²) in [6, 6.07) is 0. The quantitative estimate of drug-likeness (QED) is 0.417. The second-order valence-electron chi connectivity index (χ2n) is 2.20. The molecule has 0 spiro atoms. The molecule has 0 N–H and O–H groups in total. The van der Waals surface area contributed by atoms with E-state index >= 15 is 0 Å². The number of rotatable bonds is 1. The average Bonchev–Trinajstić information content (AvgIpc) is 2.06. The molecule has 1 aliphatic rings. The van der Waals surface area contributed by atoms with E-state index in [0.717, 1.165) is 5.92 Å². The Labute approximate surface area is 40.3 Å². The van der Waals surface area contributed by atoms with Gasteiger partial charge in [0.05, 0.1) is 7.85 Å². The van der Waals surface area contributed by atoms with Crippen LogP contribution in [0.5, 0.6) is 0 Å². The van der Waals surface area contributed by atoms with Crippen LogP contribution in [0.2, 0.25) is 5.82 Å². The van der Waals surface area contributed by atoms with Crippen LogP contribution in [-0.2, 0) is 0 Å². The van der Waals surface area contributed by atoms with Gasteiger partial charge in [-0.05, 0) is 5.92 Å². The Morgan fingerprint density at radius 2 is 2.17 bits per heavy atom. The molecule has 32 valence electrons. The first-order valence-corrected chi connectivity index (χ1v) is 2.56. The summed E-state index contributed by atoms with van der Waals surface area (Å²) in [6.45, 7) is 2.08. The van der Waals surface area contributed by atoms with Crippen molar-refractivity contribution in [1.82, 2.24) is 0 Å². The molecule has 0 saturated heterocycles. The van der Waals surface area contributed by atoms with Crippen molar-refractivity contribution < 1.29 is 0 Å². The fourth-order valence-corrected chi connectivity index (χ4v) is 0.622. The van der Waals surface area contributed by atoms with Gasteiger partial charge >= 0.3 is 0 Å². The summed E-state index contributed by atoms with van der Waals surface area (Å²) < 4.78 is 0. The predicted molar refractivity (Wildman–Crippen MR) is 27.9 cm³/mol. The summed E-state index contributed by atoms with van der Waals surface area (Å²) >= 11 is 0. The average molecular weight is 79.9 g/mol. The Morgan fingerprint density at radius 3 is 2.17 bits per heavy atom. The van der Waals surface area contributed by atoms with E-state index in [2.05, 4.69) is 6.92 Å². The van der Waals surface area contributed by atoms with E-state index in [4.69, 9.17) is 7.85 Å². The third-order valence-electron chi connectivity index (χ3n) is 1.37. The van der Waals surface area contributed by atoms with Crippen molar-refractivity contribution in [2.45, 2.75) is 25.6 Å². The molecule has 2 radical (unpaired) electrons. The van der Waals surface area contributed by atoms with Crippen molar-refractivity contribution in [2.24, 2.45) is 5.92 Å². The summed E-state index contributed by atoms with van der Waals surface area (Å²) in [6.07, 6.45) is 2.75. The van der Waals surface area contributed by atoms with Gasteiger partial charge in [0.15, 0.2) is 0 Å². The maximum atomic E-state index is 5.50. The zero-order valence-corrected chi connectivity index (χ0v) is 4.15. The molecule has 0 heterocycles. The summed E-state index contributed by atoms with van der Waals surface area (Å²) in [5, 5.41) is 0. The van der Waals surface area contributed by atoms with Crippen molar-refractivity contribution in [3.05, 3.63) is 0 Å². The van der Waals surface area contributed by atoms with E-state index in [0.29, 0.717) is 5.82 Å². The maximum Gasteiger partial charge on any atom is 0.0699 e. The van der Waals surface area contributed by atoms with E-state index in [9.17, 15) is 0 Å². The van der Waals surface area contributed by atoms with E-state index in [1.807, 2.05) is 0 Å². The van der Waals surface area contributed by atoms with Gasteiger partial charge in [0, 0.05) is 0 Å². The van der Waals surface area contributed by atoms with Gasteiger partial charge in [-0.2, -0.15) is 0 Å². The van der Waals surface area contributed by atoms with Crippen LogP contribution in [0, 0.1) is 5.92 Å². The monoisotopic (exact) mass is 80.1 g/mol. The van der Waals surface area contributed by atoms with Crippen molar-refractivity contribution in [3.63, 3.8) is 0 Å². The van der Waals surface area contributed by atoms with Crippen LogP contribution in [0.1, 0.15) is 19.8 Å². The van der Waals surface area contributed by atoms with Gasteiger partial charge in [0.25, 0.3) is 0 Å². The predicted octanol–water partition coefficient (Wildman–Crippen LogP) is 1.37. The second-order valence-corrected chi connectivity index (χ2v) is 2.20. The Kier molecular flexibility index (Phi) is 0.907. The first kappa shape index (κ1) is 4.23. The normalized spacial score (nSPS) is 26.8. The number of hydrogen-bond donors (Lipinski definition) is 0. The zero-order valence-electron chi connectivity index (χ0n) is 4.15. The molecule has 1 fully saturated rings. The first-order chi connectivity index (χ1) is 2.80. The molecule has 0 aliphatic heterocycles. The molecule has 0 amide bonds. The van der Waals surface area contributed by atoms with Crippen LogP contribution in [0.25, 0.3) is 0 Å². The largest absolute Gasteiger partial charge is 0.0774 e. The molecule has 1 atom stereocenters. The molecule has 0 bridgehead atoms. The van der Waals surface area contributed by atoms with Crippen LogP contribution >= 0.6 is 0 Å². The van der Waals surface area contributed by atoms with Crippen LogP contribution < -0.4 is 0 Å². The van der Waals surface area contributed by atoms with Gasteiger partial charge in [-0.3, -0.25) is 0 Å². The fourth-order valence-electron chi connectivity index (χ4n) is 0.622. The lowest BCUT2D eigenvalue weighted by Gasteiger charge is -1.94. The van der Waals surface area contributed by atoms with Crippen molar-refractivity contribution in [2.75, 3.05) is 0 Å². The zero-order chi connectivity index (χ0) is 4.57. The minimum Gasteiger partial charge on any atom is -0.0774 e. The molecular weight excluding hydrogens is 70.9 g/mol. The van der Waals surface area contributed by atoms with Crippen LogP contribution in [0.4, 0.5) is 0 Å². The van der Waals surface area contributed by atoms with Crippen LogP contribution in [0.15, 0.2) is 0 Å². The minimum absolute atomic E-state index is 0.463. The lowest BCUT2D eigenvalue weighted by molar-refractivity contribution is 0.795. The molecule has 0 aromatic rings. The summed E-state index contributed by atoms with van der Waals surface area (Å²) in [5.74, 6) is 1.34. The number of hydrogen-bond acceptors (Lipinski definition) is 0. The van der Waals surface area contributed by atoms with Gasteiger partial charge in [-0.1, -0.05) is 25.6 Å². The highest BCUT2D eigenvalue weighted by atomic mass is 14.3. The smallest absolute Gasteiger partial charge is 0.0699 e. The van der Waals surface area contributed by atoms with E-state index < -0.39 is 0 Å². The van der Waals surface area contributed by atoms with Crippen molar-refractivity contribution >= 4 is 7.85 Å². The minimum atomic E-state index is 0.463. The standard InChI is InChI=1S/C5H9B/c1-4(6)5-2-3-5/h4-5H,2-3H2,1H3. The van der Waals surface area contributed by atoms with Crippen LogP contribution in [0.3, 0.4) is 0 Å². The first-order valence-electron chi connectivity index (χ1n) is 2.56. The van der Waals surface area contributed by atoms with E-state index in [-0.39, 0.29) is 0 Å². The Bertz CT molecular complexity index is 45.9. The highest BCUT2D eigenvalue weighted by Crippen LogP contribution is 2.37. The highest BCUT2D eigenvalue weighted by molar-refractivity contribution is 6.11. The van der Waals surface area contributed by atoms with Gasteiger partial charge in [-0.25, -0.2) is 0 Å². The Morgan fingerprint density at radius 1 is 1.67 bits per heavy atom. The van der Waals surface area contributed by atoms with Crippen molar-refractivity contribution in [3.8, 4) is 0 Å². The molecule has 1 unspecified atom stereocenters. The molecule has 0 aromatic carbocycles. The van der Waals surface area contributed by atoms with E-state index in [1.54, 1.807) is 0 Å².